The van der Waals surface area contributed by atoms with Crippen LogP contribution in [-0.4, -0.2) is 32.8 Å². The van der Waals surface area contributed by atoms with Gasteiger partial charge in [-0.3, -0.25) is 9.36 Å². The molecule has 8 heteroatoms. The number of ether oxygens (including phenoxy) is 1. The van der Waals surface area contributed by atoms with Crippen molar-refractivity contribution in [1.82, 2.24) is 14.5 Å². The molecule has 30 heavy (non-hydrogen) atoms. The van der Waals surface area contributed by atoms with Gasteiger partial charge in [0.15, 0.2) is 16.7 Å². The number of hydrogen-bond acceptors (Lipinski definition) is 6. The molecule has 0 aliphatic rings. The molecule has 3 aromatic rings. The quantitative estimate of drug-likeness (QED) is 0.409. The second-order valence-corrected chi connectivity index (χ2v) is 7.67. The SMILES string of the molecule is Cc1cc(C)cc(-n2ccnc2SCC(=O)Nc2ncccc2OCCCC#N)c1. The highest BCUT2D eigenvalue weighted by Gasteiger charge is 2.12. The Hall–Kier alpha value is -3.31. The molecule has 1 N–H and O–H groups in total. The molecule has 154 valence electrons. The van der Waals surface area contributed by atoms with Crippen molar-refractivity contribution in [3.8, 4) is 17.5 Å². The fraction of sp³-hybridized carbons (Fsp3) is 0.273. The number of nitrogens with one attached hydrogen (secondary N) is 1. The van der Waals surface area contributed by atoms with E-state index in [0.29, 0.717) is 31.0 Å². The van der Waals surface area contributed by atoms with Crippen LogP contribution in [0.2, 0.25) is 0 Å². The lowest BCUT2D eigenvalue weighted by Gasteiger charge is -2.11. The zero-order valence-electron chi connectivity index (χ0n) is 17.0. The Balaban J connectivity index is 1.61. The van der Waals surface area contributed by atoms with Gasteiger partial charge in [-0.25, -0.2) is 9.97 Å². The first kappa shape index (κ1) is 21.4. The summed E-state index contributed by atoms with van der Waals surface area (Å²) in [5.41, 5.74) is 3.36. The zero-order chi connectivity index (χ0) is 21.3. The van der Waals surface area contributed by atoms with Crippen LogP contribution in [0.1, 0.15) is 24.0 Å². The number of nitrogens with zero attached hydrogens (tertiary/aromatic N) is 4. The van der Waals surface area contributed by atoms with E-state index >= 15 is 0 Å². The molecular formula is C22H23N5O2S. The summed E-state index contributed by atoms with van der Waals surface area (Å²) in [7, 11) is 0. The molecule has 2 heterocycles. The van der Waals surface area contributed by atoms with Crippen molar-refractivity contribution in [3.63, 3.8) is 0 Å². The smallest absolute Gasteiger partial charge is 0.236 e. The van der Waals surface area contributed by atoms with Gasteiger partial charge in [0, 0.05) is 30.7 Å². The highest BCUT2D eigenvalue weighted by atomic mass is 32.2. The molecule has 0 bridgehead atoms. The van der Waals surface area contributed by atoms with Crippen LogP contribution in [0.5, 0.6) is 5.75 Å². The van der Waals surface area contributed by atoms with Crippen LogP contribution < -0.4 is 10.1 Å². The van der Waals surface area contributed by atoms with Gasteiger partial charge in [0.05, 0.1) is 18.4 Å². The molecule has 0 radical (unpaired) electrons. The van der Waals surface area contributed by atoms with E-state index in [1.807, 2.05) is 10.8 Å². The van der Waals surface area contributed by atoms with Crippen LogP contribution in [0.15, 0.2) is 54.1 Å². The molecule has 0 spiro atoms. The van der Waals surface area contributed by atoms with Crippen molar-refractivity contribution < 1.29 is 9.53 Å². The van der Waals surface area contributed by atoms with Crippen LogP contribution in [-0.2, 0) is 4.79 Å². The van der Waals surface area contributed by atoms with Gasteiger partial charge >= 0.3 is 0 Å². The Bertz CT molecular complexity index is 1040. The lowest BCUT2D eigenvalue weighted by Crippen LogP contribution is -2.16. The van der Waals surface area contributed by atoms with E-state index in [9.17, 15) is 4.79 Å². The first-order chi connectivity index (χ1) is 14.6. The number of amides is 1. The van der Waals surface area contributed by atoms with Crippen LogP contribution in [0.3, 0.4) is 0 Å². The number of unbranched alkanes of at least 4 members (excludes halogenated alkanes) is 1. The first-order valence-electron chi connectivity index (χ1n) is 9.56. The highest BCUT2D eigenvalue weighted by molar-refractivity contribution is 7.99. The third-order valence-electron chi connectivity index (χ3n) is 4.14. The van der Waals surface area contributed by atoms with E-state index in [2.05, 4.69) is 53.4 Å². The van der Waals surface area contributed by atoms with E-state index in [1.165, 1.54) is 22.9 Å². The second-order valence-electron chi connectivity index (χ2n) is 6.72. The maximum absolute atomic E-state index is 12.5. The van der Waals surface area contributed by atoms with Crippen LogP contribution in [0.25, 0.3) is 5.69 Å². The predicted molar refractivity (Wildman–Crippen MR) is 117 cm³/mol. The number of pyridine rings is 1. The minimum atomic E-state index is -0.199. The second kappa shape index (κ2) is 10.5. The molecule has 0 saturated heterocycles. The van der Waals surface area contributed by atoms with Gasteiger partial charge < -0.3 is 10.1 Å². The molecule has 0 fully saturated rings. The van der Waals surface area contributed by atoms with Crippen molar-refractivity contribution in [3.05, 3.63) is 60.0 Å². The number of nitriles is 1. The standard InChI is InChI=1S/C22H23N5O2S/c1-16-12-17(2)14-18(13-16)27-10-9-25-22(27)30-15-20(28)26-21-19(6-5-8-24-21)29-11-4-3-7-23/h5-6,8-10,12-14H,3-4,11,15H2,1-2H3,(H,24,26,28). The molecule has 1 aromatic carbocycles. The lowest BCUT2D eigenvalue weighted by atomic mass is 10.1. The van der Waals surface area contributed by atoms with E-state index in [-0.39, 0.29) is 11.7 Å². The Morgan fingerprint density at radius 2 is 2.03 bits per heavy atom. The molecule has 2 aromatic heterocycles. The Kier molecular flexibility index (Phi) is 7.46. The van der Waals surface area contributed by atoms with Crippen molar-refractivity contribution in [2.45, 2.75) is 31.8 Å². The minimum Gasteiger partial charge on any atom is -0.490 e. The molecule has 1 amide bonds. The first-order valence-corrected chi connectivity index (χ1v) is 10.5. The third kappa shape index (κ3) is 5.84. The van der Waals surface area contributed by atoms with Crippen molar-refractivity contribution in [2.24, 2.45) is 0 Å². The summed E-state index contributed by atoms with van der Waals surface area (Å²) in [6.07, 6.45) is 6.25. The molecule has 0 unspecified atom stereocenters. The topological polar surface area (TPSA) is 92.8 Å². The van der Waals surface area contributed by atoms with Crippen molar-refractivity contribution in [2.75, 3.05) is 17.7 Å². The third-order valence-corrected chi connectivity index (χ3v) is 5.11. The molecule has 3 rings (SSSR count). The van der Waals surface area contributed by atoms with Gasteiger partial charge in [-0.05, 0) is 55.7 Å². The molecule has 7 nitrogen and oxygen atoms in total. The fourth-order valence-corrected chi connectivity index (χ4v) is 3.69. The number of aromatic nitrogens is 3. The summed E-state index contributed by atoms with van der Waals surface area (Å²) in [4.78, 5) is 21.1. The molecular weight excluding hydrogens is 398 g/mol. The van der Waals surface area contributed by atoms with E-state index in [1.54, 1.807) is 24.5 Å². The highest BCUT2D eigenvalue weighted by Crippen LogP contribution is 2.24. The maximum atomic E-state index is 12.5. The number of carbonyl (C=O) groups excluding carboxylic acids is 1. The zero-order valence-corrected chi connectivity index (χ0v) is 17.8. The number of thioether (sulfide) groups is 1. The monoisotopic (exact) mass is 421 g/mol. The minimum absolute atomic E-state index is 0.187. The van der Waals surface area contributed by atoms with Crippen molar-refractivity contribution >= 4 is 23.5 Å². The van der Waals surface area contributed by atoms with Crippen LogP contribution >= 0.6 is 11.8 Å². The number of benzene rings is 1. The summed E-state index contributed by atoms with van der Waals surface area (Å²) in [6.45, 7) is 4.51. The Morgan fingerprint density at radius 3 is 2.80 bits per heavy atom. The summed E-state index contributed by atoms with van der Waals surface area (Å²) in [5.74, 6) is 0.852. The maximum Gasteiger partial charge on any atom is 0.236 e. The van der Waals surface area contributed by atoms with Gasteiger partial charge in [0.1, 0.15) is 0 Å². The predicted octanol–water partition coefficient (Wildman–Crippen LogP) is 4.30. The summed E-state index contributed by atoms with van der Waals surface area (Å²) in [6, 6.07) is 11.9. The fourth-order valence-electron chi connectivity index (χ4n) is 2.92. The van der Waals surface area contributed by atoms with Gasteiger partial charge in [-0.2, -0.15) is 5.26 Å². The van der Waals surface area contributed by atoms with E-state index in [4.69, 9.17) is 10.00 Å². The average molecular weight is 422 g/mol. The molecule has 0 aliphatic carbocycles. The van der Waals surface area contributed by atoms with Crippen LogP contribution in [0, 0.1) is 25.2 Å². The summed E-state index contributed by atoms with van der Waals surface area (Å²) < 4.78 is 7.61. The largest absolute Gasteiger partial charge is 0.490 e. The van der Waals surface area contributed by atoms with E-state index < -0.39 is 0 Å². The summed E-state index contributed by atoms with van der Waals surface area (Å²) in [5, 5.41) is 12.1. The van der Waals surface area contributed by atoms with E-state index in [0.717, 1.165) is 10.8 Å². The number of anilines is 1. The van der Waals surface area contributed by atoms with Gasteiger partial charge in [-0.1, -0.05) is 17.8 Å². The van der Waals surface area contributed by atoms with Crippen molar-refractivity contribution in [1.29, 1.82) is 5.26 Å². The molecule has 0 aliphatic heterocycles. The normalized spacial score (nSPS) is 10.4. The Morgan fingerprint density at radius 1 is 1.23 bits per heavy atom. The number of aryl methyl sites for hydroxylation is 2. The van der Waals surface area contributed by atoms with Crippen LogP contribution in [0.4, 0.5) is 5.82 Å². The average Bonchev–Trinajstić information content (AvgIpc) is 3.19. The number of hydrogen-bond donors (Lipinski definition) is 1. The Labute approximate surface area is 180 Å². The van der Waals surface area contributed by atoms with Gasteiger partial charge in [0.2, 0.25) is 5.91 Å². The number of rotatable bonds is 9. The number of carbonyl (C=O) groups is 1. The number of imidazole rings is 1. The van der Waals surface area contributed by atoms with Gasteiger partial charge in [-0.15, -0.1) is 0 Å². The molecule has 0 saturated carbocycles. The van der Waals surface area contributed by atoms with Gasteiger partial charge in [0.25, 0.3) is 0 Å². The lowest BCUT2D eigenvalue weighted by molar-refractivity contribution is -0.113. The molecule has 0 atom stereocenters. The summed E-state index contributed by atoms with van der Waals surface area (Å²) >= 11 is 1.35.